The van der Waals surface area contributed by atoms with Crippen molar-refractivity contribution in [3.63, 3.8) is 0 Å². The lowest BCUT2D eigenvalue weighted by Crippen LogP contribution is -2.44. The van der Waals surface area contributed by atoms with Gasteiger partial charge in [-0.2, -0.15) is 0 Å². The summed E-state index contributed by atoms with van der Waals surface area (Å²) in [5.41, 5.74) is 5.06. The van der Waals surface area contributed by atoms with Gasteiger partial charge in [0.05, 0.1) is 4.92 Å². The summed E-state index contributed by atoms with van der Waals surface area (Å²) in [5, 5.41) is 10.5. The molecule has 1 saturated heterocycles. The zero-order valence-corrected chi connectivity index (χ0v) is 11.6. The zero-order chi connectivity index (χ0) is 16.1. The Hall–Kier alpha value is -2.84. The van der Waals surface area contributed by atoms with Gasteiger partial charge in [-0.15, -0.1) is 0 Å². The number of nitrogens with zero attached hydrogens (tertiary/aromatic N) is 2. The molecular weight excluding hydrogens is 294 g/mol. The number of piperidine rings is 1. The van der Waals surface area contributed by atoms with Gasteiger partial charge >= 0.3 is 12.2 Å². The Morgan fingerprint density at radius 1 is 1.23 bits per heavy atom. The van der Waals surface area contributed by atoms with Crippen molar-refractivity contribution in [1.82, 2.24) is 4.90 Å². The smallest absolute Gasteiger partial charge is 0.431 e. The average molecular weight is 309 g/mol. The Bertz CT molecular complexity index is 566. The summed E-state index contributed by atoms with van der Waals surface area (Å²) in [5.74, 6) is 0.158. The lowest BCUT2D eigenvalue weighted by atomic mass is 10.1. The van der Waals surface area contributed by atoms with E-state index in [2.05, 4.69) is 0 Å². The number of benzene rings is 1. The molecule has 1 aromatic carbocycles. The van der Waals surface area contributed by atoms with E-state index in [4.69, 9.17) is 15.2 Å². The molecule has 2 amide bonds. The van der Waals surface area contributed by atoms with Crippen LogP contribution in [0.2, 0.25) is 0 Å². The number of likely N-dealkylation sites (tertiary alicyclic amines) is 1. The molecule has 2 rings (SSSR count). The Kier molecular flexibility index (Phi) is 4.77. The number of hydrogen-bond acceptors (Lipinski definition) is 6. The first-order valence-corrected chi connectivity index (χ1v) is 6.63. The van der Waals surface area contributed by atoms with Crippen LogP contribution in [0.3, 0.4) is 0 Å². The molecule has 9 heteroatoms. The molecule has 0 aromatic heterocycles. The van der Waals surface area contributed by atoms with Gasteiger partial charge in [-0.3, -0.25) is 10.1 Å². The fourth-order valence-corrected chi connectivity index (χ4v) is 2.09. The highest BCUT2D eigenvalue weighted by Crippen LogP contribution is 2.19. The predicted molar refractivity (Wildman–Crippen MR) is 74.4 cm³/mol. The molecule has 0 spiro atoms. The summed E-state index contributed by atoms with van der Waals surface area (Å²) in [4.78, 5) is 34.0. The van der Waals surface area contributed by atoms with Crippen LogP contribution in [-0.4, -0.2) is 41.2 Å². The molecule has 0 saturated carbocycles. The molecule has 0 radical (unpaired) electrons. The highest BCUT2D eigenvalue weighted by Gasteiger charge is 2.24. The Morgan fingerprint density at radius 2 is 1.82 bits per heavy atom. The minimum absolute atomic E-state index is 0.0976. The maximum atomic E-state index is 11.6. The first-order valence-electron chi connectivity index (χ1n) is 6.63. The minimum atomic E-state index is -0.883. The fourth-order valence-electron chi connectivity index (χ4n) is 2.09. The van der Waals surface area contributed by atoms with E-state index in [0.717, 1.165) is 0 Å². The molecule has 0 aliphatic carbocycles. The third-order valence-corrected chi connectivity index (χ3v) is 3.27. The van der Waals surface area contributed by atoms with Crippen LogP contribution in [0.5, 0.6) is 5.75 Å². The van der Waals surface area contributed by atoms with Crippen molar-refractivity contribution in [2.45, 2.75) is 18.9 Å². The molecule has 22 heavy (non-hydrogen) atoms. The number of nitro groups is 1. The van der Waals surface area contributed by atoms with Crippen LogP contribution in [0.15, 0.2) is 24.3 Å². The van der Waals surface area contributed by atoms with Crippen molar-refractivity contribution < 1.29 is 24.0 Å². The van der Waals surface area contributed by atoms with Gasteiger partial charge in [0, 0.05) is 38.1 Å². The molecular formula is C13H15N3O6. The summed E-state index contributed by atoms with van der Waals surface area (Å²) in [6.07, 6.45) is -0.260. The van der Waals surface area contributed by atoms with Gasteiger partial charge in [0.1, 0.15) is 11.9 Å². The number of ether oxygens (including phenoxy) is 2. The lowest BCUT2D eigenvalue weighted by Gasteiger charge is -2.29. The van der Waals surface area contributed by atoms with Gasteiger partial charge in [0.2, 0.25) is 0 Å². The van der Waals surface area contributed by atoms with E-state index in [1.165, 1.54) is 29.2 Å². The molecule has 0 atom stereocenters. The summed E-state index contributed by atoms with van der Waals surface area (Å²) in [6, 6.07) is 4.60. The minimum Gasteiger partial charge on any atom is -0.431 e. The van der Waals surface area contributed by atoms with Crippen molar-refractivity contribution in [2.75, 3.05) is 13.1 Å². The van der Waals surface area contributed by atoms with Crippen LogP contribution < -0.4 is 10.5 Å². The van der Waals surface area contributed by atoms with E-state index < -0.39 is 17.1 Å². The topological polar surface area (TPSA) is 125 Å². The number of nitrogens with two attached hydrogens (primary N) is 1. The highest BCUT2D eigenvalue weighted by atomic mass is 16.7. The van der Waals surface area contributed by atoms with Crippen LogP contribution in [0, 0.1) is 10.1 Å². The van der Waals surface area contributed by atoms with Crippen LogP contribution in [0.1, 0.15) is 12.8 Å². The first-order chi connectivity index (χ1) is 10.5. The van der Waals surface area contributed by atoms with E-state index in [-0.39, 0.29) is 17.5 Å². The zero-order valence-electron chi connectivity index (χ0n) is 11.6. The van der Waals surface area contributed by atoms with Gasteiger partial charge in [-0.1, -0.05) is 0 Å². The Morgan fingerprint density at radius 3 is 2.32 bits per heavy atom. The molecule has 118 valence electrons. The number of urea groups is 1. The molecule has 1 aliphatic rings. The largest absolute Gasteiger partial charge is 0.514 e. The van der Waals surface area contributed by atoms with E-state index in [9.17, 15) is 19.7 Å². The van der Waals surface area contributed by atoms with Crippen LogP contribution in [0.4, 0.5) is 15.3 Å². The van der Waals surface area contributed by atoms with Crippen molar-refractivity contribution >= 4 is 17.9 Å². The normalized spacial score (nSPS) is 15.2. The molecule has 0 unspecified atom stereocenters. The summed E-state index contributed by atoms with van der Waals surface area (Å²) >= 11 is 0. The molecule has 1 fully saturated rings. The molecule has 1 heterocycles. The van der Waals surface area contributed by atoms with Gasteiger partial charge in [-0.05, 0) is 12.1 Å². The molecule has 2 N–H and O–H groups in total. The van der Waals surface area contributed by atoms with E-state index in [1.54, 1.807) is 0 Å². The number of nitro benzene ring substituents is 1. The average Bonchev–Trinajstić information content (AvgIpc) is 2.48. The van der Waals surface area contributed by atoms with Crippen LogP contribution in [0.25, 0.3) is 0 Å². The van der Waals surface area contributed by atoms with Crippen LogP contribution in [-0.2, 0) is 4.74 Å². The maximum Gasteiger partial charge on any atom is 0.514 e. The number of amides is 2. The first kappa shape index (κ1) is 15.5. The van der Waals surface area contributed by atoms with Crippen molar-refractivity contribution in [3.8, 4) is 5.75 Å². The third-order valence-electron chi connectivity index (χ3n) is 3.27. The van der Waals surface area contributed by atoms with Gasteiger partial charge in [0.25, 0.3) is 5.69 Å². The second kappa shape index (κ2) is 6.74. The molecule has 1 aliphatic heterocycles. The number of carbonyl (C=O) groups excluding carboxylic acids is 2. The number of carbonyl (C=O) groups is 2. The standard InChI is InChI=1S/C13H15N3O6/c14-12(17)15-7-5-11(6-8-15)22-13(18)21-10-3-1-9(2-4-10)16(19)20/h1-4,11H,5-8H2,(H2,14,17). The Balaban J connectivity index is 1.81. The van der Waals surface area contributed by atoms with E-state index in [1.807, 2.05) is 0 Å². The molecule has 1 aromatic rings. The fraction of sp³-hybridized carbons (Fsp3) is 0.385. The van der Waals surface area contributed by atoms with E-state index in [0.29, 0.717) is 25.9 Å². The molecule has 9 nitrogen and oxygen atoms in total. The lowest BCUT2D eigenvalue weighted by molar-refractivity contribution is -0.384. The van der Waals surface area contributed by atoms with Crippen molar-refractivity contribution in [1.29, 1.82) is 0 Å². The highest BCUT2D eigenvalue weighted by molar-refractivity contribution is 5.72. The number of non-ortho nitro benzene ring substituents is 1. The second-order valence-corrected chi connectivity index (χ2v) is 4.75. The number of hydrogen-bond donors (Lipinski definition) is 1. The van der Waals surface area contributed by atoms with Gasteiger partial charge in [0.15, 0.2) is 0 Å². The summed E-state index contributed by atoms with van der Waals surface area (Å²) < 4.78 is 10.1. The molecule has 0 bridgehead atoms. The summed E-state index contributed by atoms with van der Waals surface area (Å²) in [7, 11) is 0. The van der Waals surface area contributed by atoms with Gasteiger partial charge < -0.3 is 20.1 Å². The third kappa shape index (κ3) is 4.08. The SMILES string of the molecule is NC(=O)N1CCC(OC(=O)Oc2ccc([N+](=O)[O-])cc2)CC1. The Labute approximate surface area is 125 Å². The summed E-state index contributed by atoms with van der Waals surface area (Å²) in [6.45, 7) is 0.843. The van der Waals surface area contributed by atoms with Crippen molar-refractivity contribution in [2.24, 2.45) is 5.73 Å². The number of primary amides is 1. The second-order valence-electron chi connectivity index (χ2n) is 4.75. The van der Waals surface area contributed by atoms with E-state index >= 15 is 0 Å². The van der Waals surface area contributed by atoms with Gasteiger partial charge in [-0.25, -0.2) is 9.59 Å². The maximum absolute atomic E-state index is 11.6. The predicted octanol–water partition coefficient (Wildman–Crippen LogP) is 1.65. The number of rotatable bonds is 3. The van der Waals surface area contributed by atoms with Crippen molar-refractivity contribution in [3.05, 3.63) is 34.4 Å². The van der Waals surface area contributed by atoms with Crippen LogP contribution >= 0.6 is 0 Å². The monoisotopic (exact) mass is 309 g/mol. The quantitative estimate of drug-likeness (QED) is 0.391.